The summed E-state index contributed by atoms with van der Waals surface area (Å²) in [7, 11) is 3.18. The Morgan fingerprint density at radius 1 is 0.822 bits per heavy atom. The summed E-state index contributed by atoms with van der Waals surface area (Å²) < 4.78 is 176. The molecule has 0 bridgehead atoms. The maximum absolute atomic E-state index is 15.3. The third-order valence-corrected chi connectivity index (χ3v) is 14.8. The Labute approximate surface area is 416 Å². The Morgan fingerprint density at radius 3 is 2.22 bits per heavy atom. The number of fused-ring (bicyclic) bond motifs is 5. The molecule has 12 nitrogen and oxygen atoms in total. The second-order valence-electron chi connectivity index (χ2n) is 19.6. The van der Waals surface area contributed by atoms with Crippen molar-refractivity contribution in [3.63, 3.8) is 0 Å². The molecule has 23 heteroatoms. The number of carbonyl (C=O) groups is 3. The van der Waals surface area contributed by atoms with Crippen LogP contribution in [0.15, 0.2) is 30.3 Å². The fourth-order valence-electron chi connectivity index (χ4n) is 11.1. The monoisotopic (exact) mass is 1060 g/mol. The van der Waals surface area contributed by atoms with E-state index in [1.165, 1.54) is 24.8 Å². The predicted molar refractivity (Wildman–Crippen MR) is 239 cm³/mol. The number of amides is 2. The third kappa shape index (κ3) is 13.8. The molecule has 1 heterocycles. The number of benzene rings is 2. The molecule has 4 unspecified atom stereocenters. The van der Waals surface area contributed by atoms with Gasteiger partial charge in [-0.25, -0.2) is 13.6 Å². The summed E-state index contributed by atoms with van der Waals surface area (Å²) >= 11 is 0. The minimum Gasteiger partial charge on any atom is -0.489 e. The first-order chi connectivity index (χ1) is 34.4. The Balaban J connectivity index is 0.869. The number of aryl methyl sites for hydroxylation is 1. The van der Waals surface area contributed by atoms with Gasteiger partial charge in [0.15, 0.2) is 6.23 Å². The maximum atomic E-state index is 15.3. The summed E-state index contributed by atoms with van der Waals surface area (Å²) in [5.74, 6) is -1.30. The summed E-state index contributed by atoms with van der Waals surface area (Å²) in [5, 5.41) is 3.69. The normalized spacial score (nSPS) is 23.4. The number of ether oxygens (including phenoxy) is 5. The standard InChI is InChI=1S/C50H64F11N3O9/c1-46-19-17-35-34-12-10-33(28-32(34)9-11-36(35)38(46)13-14-41(46)70-22-7-23-72-47(48(53,54)55,49(56,57)58)50(59,60)61)71-30-31-26-39(51)37(40(52)27-31)29-63(2)21-6-4-5-8-42(65)62-20-25-69-24-18-45(67)73-64-43(66)15-16-44(64)68-3/h10,12,26-28,35-36,38,41,44H,4-9,11,13-25,29-30H2,1-3H3,(H,62,65)/t35?,36?,38?,41-,44?,46-/m1/s1. The largest absolute Gasteiger partial charge is 0.489 e. The maximum Gasteiger partial charge on any atom is 0.435 e. The van der Waals surface area contributed by atoms with Gasteiger partial charge in [0.05, 0.1) is 32.3 Å². The Morgan fingerprint density at radius 2 is 1.53 bits per heavy atom. The van der Waals surface area contributed by atoms with E-state index in [1.54, 1.807) is 11.9 Å². The van der Waals surface area contributed by atoms with E-state index in [4.69, 9.17) is 23.8 Å². The Bertz CT molecular complexity index is 2140. The van der Waals surface area contributed by atoms with Gasteiger partial charge in [-0.15, -0.1) is 5.06 Å². The van der Waals surface area contributed by atoms with Crippen molar-refractivity contribution in [1.29, 1.82) is 0 Å². The molecule has 0 aromatic heterocycles. The van der Waals surface area contributed by atoms with Crippen LogP contribution in [-0.2, 0) is 57.7 Å². The molecule has 0 spiro atoms. The number of nitrogens with one attached hydrogen (secondary N) is 1. The van der Waals surface area contributed by atoms with Gasteiger partial charge in [-0.2, -0.15) is 39.5 Å². The lowest BCUT2D eigenvalue weighted by Crippen LogP contribution is -2.67. The van der Waals surface area contributed by atoms with Crippen molar-refractivity contribution in [3.8, 4) is 5.75 Å². The Hall–Kier alpha value is -4.32. The Kier molecular flexibility index (Phi) is 19.5. The van der Waals surface area contributed by atoms with Gasteiger partial charge in [0.2, 0.25) is 5.91 Å². The SMILES string of the molecule is COC1CCC(=O)N1OC(=O)CCOCCNC(=O)CCCCCN(C)Cc1c(F)cc(COc2ccc3c(c2)CCC2C3CC[C@]3(C)C2CC[C@H]3OCCCOC(C(F)(F)F)(C(F)(F)F)C(F)(F)F)cc1F. The molecule has 4 aliphatic rings. The summed E-state index contributed by atoms with van der Waals surface area (Å²) in [6.07, 6.45) is -14.6. The van der Waals surface area contributed by atoms with Gasteiger partial charge < -0.3 is 38.7 Å². The minimum absolute atomic E-state index is 0.0364. The predicted octanol–water partition coefficient (Wildman–Crippen LogP) is 10.2. The number of alkyl halides is 9. The van der Waals surface area contributed by atoms with Crippen molar-refractivity contribution in [2.45, 2.75) is 152 Å². The van der Waals surface area contributed by atoms with Crippen LogP contribution in [-0.4, -0.2) is 118 Å². The lowest BCUT2D eigenvalue weighted by atomic mass is 9.55. The highest BCUT2D eigenvalue weighted by atomic mass is 19.4. The first-order valence-electron chi connectivity index (χ1n) is 24.7. The summed E-state index contributed by atoms with van der Waals surface area (Å²) in [6, 6.07) is 8.29. The van der Waals surface area contributed by atoms with Crippen molar-refractivity contribution in [2.24, 2.45) is 17.3 Å². The molecule has 1 N–H and O–H groups in total. The highest BCUT2D eigenvalue weighted by molar-refractivity contribution is 5.80. The number of carbonyl (C=O) groups excluding carboxylic acids is 3. The van der Waals surface area contributed by atoms with Gasteiger partial charge in [0, 0.05) is 51.6 Å². The van der Waals surface area contributed by atoms with Crippen LogP contribution in [0.4, 0.5) is 48.3 Å². The molecular weight excluding hydrogens is 996 g/mol. The van der Waals surface area contributed by atoms with E-state index in [-0.39, 0.29) is 99.0 Å². The van der Waals surface area contributed by atoms with Gasteiger partial charge >= 0.3 is 30.1 Å². The first kappa shape index (κ1) is 57.9. The molecule has 3 fully saturated rings. The van der Waals surface area contributed by atoms with Gasteiger partial charge in [-0.1, -0.05) is 19.4 Å². The van der Waals surface area contributed by atoms with Crippen molar-refractivity contribution in [2.75, 3.05) is 53.7 Å². The van der Waals surface area contributed by atoms with Crippen molar-refractivity contribution in [3.05, 3.63) is 64.2 Å². The zero-order valence-corrected chi connectivity index (χ0v) is 41.1. The highest BCUT2D eigenvalue weighted by Crippen LogP contribution is 2.62. The van der Waals surface area contributed by atoms with Gasteiger partial charge in [-0.05, 0) is 136 Å². The van der Waals surface area contributed by atoms with Crippen molar-refractivity contribution >= 4 is 17.8 Å². The molecular formula is C50H64F11N3O9. The number of hydrogen-bond donors (Lipinski definition) is 1. The molecule has 3 aliphatic carbocycles. The highest BCUT2D eigenvalue weighted by Gasteiger charge is 2.85. The van der Waals surface area contributed by atoms with Crippen LogP contribution in [0.2, 0.25) is 0 Å². The van der Waals surface area contributed by atoms with Crippen molar-refractivity contribution in [1.82, 2.24) is 15.3 Å². The lowest BCUT2D eigenvalue weighted by molar-refractivity contribution is -0.457. The van der Waals surface area contributed by atoms with E-state index in [0.29, 0.717) is 62.8 Å². The van der Waals surface area contributed by atoms with Gasteiger partial charge in [0.1, 0.15) is 24.0 Å². The molecule has 1 saturated heterocycles. The van der Waals surface area contributed by atoms with Crippen LogP contribution >= 0.6 is 0 Å². The number of methoxy groups -OCH3 is 1. The molecule has 2 saturated carbocycles. The second-order valence-corrected chi connectivity index (χ2v) is 19.6. The van der Waals surface area contributed by atoms with Crippen LogP contribution < -0.4 is 10.1 Å². The first-order valence-corrected chi connectivity index (χ1v) is 24.7. The molecule has 73 heavy (non-hydrogen) atoms. The zero-order chi connectivity index (χ0) is 53.4. The smallest absolute Gasteiger partial charge is 0.435 e. The fourth-order valence-corrected chi connectivity index (χ4v) is 11.1. The van der Waals surface area contributed by atoms with Crippen molar-refractivity contribution < 1.29 is 91.2 Å². The number of nitrogens with zero attached hydrogens (tertiary/aromatic N) is 2. The van der Waals surface area contributed by atoms with E-state index in [2.05, 4.69) is 17.0 Å². The average Bonchev–Trinajstić information content (AvgIpc) is 3.84. The number of halogens is 11. The summed E-state index contributed by atoms with van der Waals surface area (Å²) in [5.41, 5.74) is -4.16. The molecule has 0 radical (unpaired) electrons. The van der Waals surface area contributed by atoms with Crippen LogP contribution in [0.25, 0.3) is 0 Å². The van der Waals surface area contributed by atoms with E-state index in [1.807, 2.05) is 18.2 Å². The van der Waals surface area contributed by atoms with Crippen LogP contribution in [0.5, 0.6) is 5.75 Å². The summed E-state index contributed by atoms with van der Waals surface area (Å²) in [6.45, 7) is 1.20. The van der Waals surface area contributed by atoms with Gasteiger partial charge in [0.25, 0.3) is 5.91 Å². The average molecular weight is 1060 g/mol. The van der Waals surface area contributed by atoms with E-state index < -0.39 is 61.0 Å². The topological polar surface area (TPSA) is 125 Å². The molecule has 1 aliphatic heterocycles. The lowest BCUT2D eigenvalue weighted by Gasteiger charge is -2.50. The molecule has 2 amide bonds. The zero-order valence-electron chi connectivity index (χ0n) is 41.1. The fraction of sp³-hybridized carbons (Fsp3) is 0.700. The minimum atomic E-state index is -6.78. The third-order valence-electron chi connectivity index (χ3n) is 14.8. The number of hydrogen-bond acceptors (Lipinski definition) is 10. The van der Waals surface area contributed by atoms with Crippen LogP contribution in [0, 0.1) is 28.9 Å². The number of rotatable bonds is 25. The number of hydroxylamine groups is 2. The van der Waals surface area contributed by atoms with E-state index in [9.17, 15) is 53.9 Å². The molecule has 2 aromatic carbocycles. The second kappa shape index (κ2) is 24.6. The molecule has 6 atom stereocenters. The summed E-state index contributed by atoms with van der Waals surface area (Å²) in [4.78, 5) is 42.9. The molecule has 6 rings (SSSR count). The molecule has 2 aromatic rings. The number of unbranched alkanes of at least 4 members (excludes halogenated alkanes) is 2. The quantitative estimate of drug-likeness (QED) is 0.0759. The van der Waals surface area contributed by atoms with Crippen LogP contribution in [0.1, 0.15) is 119 Å². The molecule has 410 valence electrons. The van der Waals surface area contributed by atoms with E-state index >= 15 is 8.78 Å². The van der Waals surface area contributed by atoms with Crippen LogP contribution in [0.3, 0.4) is 0 Å². The van der Waals surface area contributed by atoms with Gasteiger partial charge in [-0.3, -0.25) is 9.59 Å². The van der Waals surface area contributed by atoms with E-state index in [0.717, 1.165) is 36.3 Å².